The van der Waals surface area contributed by atoms with Crippen LogP contribution < -0.4 is 0 Å². The fourth-order valence-corrected chi connectivity index (χ4v) is 0.660. The maximum absolute atomic E-state index is 9.60. The van der Waals surface area contributed by atoms with Crippen LogP contribution in [0.15, 0.2) is 0 Å². The molecule has 0 atom stereocenters. The topological polar surface area (TPSA) is 35.5 Å². The van der Waals surface area contributed by atoms with Crippen molar-refractivity contribution in [3.05, 3.63) is 0 Å². The van der Waals surface area contributed by atoms with E-state index >= 15 is 0 Å². The van der Waals surface area contributed by atoms with Crippen molar-refractivity contribution in [2.24, 2.45) is 0 Å². The maximum Gasteiger partial charge on any atom is 0.295 e. The van der Waals surface area contributed by atoms with Gasteiger partial charge in [0.15, 0.2) is 15.1 Å². The van der Waals surface area contributed by atoms with Crippen LogP contribution in [0.2, 0.25) is 19.6 Å². The van der Waals surface area contributed by atoms with Gasteiger partial charge in [-0.25, -0.2) is 0 Å². The quantitative estimate of drug-likeness (QED) is 0.258. The Morgan fingerprint density at radius 1 is 1.44 bits per heavy atom. The van der Waals surface area contributed by atoms with Gasteiger partial charge in [0.05, 0.1) is 0 Å². The highest BCUT2D eigenvalue weighted by Gasteiger charge is 2.13. The van der Waals surface area contributed by atoms with Crippen molar-refractivity contribution in [3.8, 4) is 0 Å². The molecule has 0 bridgehead atoms. The third-order valence-corrected chi connectivity index (χ3v) is 1.61. The summed E-state index contributed by atoms with van der Waals surface area (Å²) in [6.45, 7) is 6.57. The molecule has 0 aliphatic heterocycles. The minimum absolute atomic E-state index is 0.0965. The summed E-state index contributed by atoms with van der Waals surface area (Å²) in [7, 11) is -1.48. The molecule has 0 aromatic rings. The predicted molar refractivity (Wildman–Crippen MR) is 36.4 cm³/mol. The molecule has 0 heterocycles. The summed E-state index contributed by atoms with van der Waals surface area (Å²) < 4.78 is 9.50. The van der Waals surface area contributed by atoms with Crippen LogP contribution in [-0.4, -0.2) is 21.6 Å². The van der Waals surface area contributed by atoms with Gasteiger partial charge in [-0.15, -0.1) is 0 Å². The lowest BCUT2D eigenvalue weighted by Gasteiger charge is -2.14. The molecule has 0 amide bonds. The van der Waals surface area contributed by atoms with E-state index in [1.807, 2.05) is 19.6 Å². The van der Waals surface area contributed by atoms with Gasteiger partial charge in [0.1, 0.15) is 0 Å². The number of ether oxygens (including phenoxy) is 1. The highest BCUT2D eigenvalue weighted by Crippen LogP contribution is 2.00. The fourth-order valence-electron chi connectivity index (χ4n) is 0.239. The van der Waals surface area contributed by atoms with Crippen molar-refractivity contribution >= 4 is 14.8 Å². The van der Waals surface area contributed by atoms with Gasteiger partial charge < -0.3 is 9.16 Å². The average molecular weight is 148 g/mol. The Labute approximate surface area is 56.1 Å². The summed E-state index contributed by atoms with van der Waals surface area (Å²) in [5.41, 5.74) is 0. The minimum atomic E-state index is -1.48. The number of carbonyl (C=O) groups is 1. The van der Waals surface area contributed by atoms with Crippen molar-refractivity contribution in [2.45, 2.75) is 19.6 Å². The summed E-state index contributed by atoms with van der Waals surface area (Å²) >= 11 is 0. The van der Waals surface area contributed by atoms with E-state index in [9.17, 15) is 4.79 Å². The molecule has 54 valence electrons. The van der Waals surface area contributed by atoms with Crippen molar-refractivity contribution in [2.75, 3.05) is 6.79 Å². The Morgan fingerprint density at radius 2 is 2.00 bits per heavy atom. The lowest BCUT2D eigenvalue weighted by atomic mass is 11.4. The van der Waals surface area contributed by atoms with Gasteiger partial charge in [-0.2, -0.15) is 0 Å². The first-order valence-corrected chi connectivity index (χ1v) is 6.16. The Bertz CT molecular complexity index is 86.7. The molecular formula is C5H12O3Si. The molecule has 0 rings (SSSR count). The molecule has 4 heteroatoms. The van der Waals surface area contributed by atoms with Crippen LogP contribution >= 0.6 is 0 Å². The number of carbonyl (C=O) groups excluding carboxylic acids is 1. The van der Waals surface area contributed by atoms with E-state index in [0.717, 1.165) is 0 Å². The molecule has 0 saturated carbocycles. The first-order valence-electron chi connectivity index (χ1n) is 2.75. The number of hydrogen-bond acceptors (Lipinski definition) is 3. The molecule has 3 nitrogen and oxygen atoms in total. The molecule has 9 heavy (non-hydrogen) atoms. The molecule has 0 aliphatic carbocycles. The second-order valence-corrected chi connectivity index (χ2v) is 7.15. The van der Waals surface area contributed by atoms with E-state index < -0.39 is 8.32 Å². The fraction of sp³-hybridized carbons (Fsp3) is 0.800. The van der Waals surface area contributed by atoms with Gasteiger partial charge in [0, 0.05) is 0 Å². The third-order valence-electron chi connectivity index (χ3n) is 0.628. The van der Waals surface area contributed by atoms with E-state index in [0.29, 0.717) is 6.47 Å². The minimum Gasteiger partial charge on any atom is -0.442 e. The van der Waals surface area contributed by atoms with E-state index in [2.05, 4.69) is 4.74 Å². The highest BCUT2D eigenvalue weighted by molar-refractivity contribution is 6.69. The summed E-state index contributed by atoms with van der Waals surface area (Å²) in [4.78, 5) is 9.60. The second kappa shape index (κ2) is 3.63. The molecule has 0 N–H and O–H groups in total. The SMILES string of the molecule is C[Si](C)(C)OCOC=O. The van der Waals surface area contributed by atoms with E-state index in [1.54, 1.807) is 0 Å². The van der Waals surface area contributed by atoms with E-state index in [4.69, 9.17) is 4.43 Å². The van der Waals surface area contributed by atoms with Crippen molar-refractivity contribution in [1.82, 2.24) is 0 Å². The van der Waals surface area contributed by atoms with Gasteiger partial charge in [0.25, 0.3) is 6.47 Å². The van der Waals surface area contributed by atoms with E-state index in [1.165, 1.54) is 0 Å². The summed E-state index contributed by atoms with van der Waals surface area (Å²) in [5.74, 6) is 0. The summed E-state index contributed by atoms with van der Waals surface area (Å²) in [6, 6.07) is 0. The summed E-state index contributed by atoms with van der Waals surface area (Å²) in [6.07, 6.45) is 0. The van der Waals surface area contributed by atoms with Gasteiger partial charge in [0.2, 0.25) is 0 Å². The second-order valence-electron chi connectivity index (χ2n) is 2.64. The molecule has 0 fully saturated rings. The van der Waals surface area contributed by atoms with Crippen molar-refractivity contribution in [1.29, 1.82) is 0 Å². The lowest BCUT2D eigenvalue weighted by Crippen LogP contribution is -2.26. The van der Waals surface area contributed by atoms with Gasteiger partial charge in [-0.1, -0.05) is 0 Å². The molecule has 0 saturated heterocycles. The van der Waals surface area contributed by atoms with Crippen LogP contribution in [-0.2, 0) is 14.0 Å². The molecule has 0 aliphatic rings. The van der Waals surface area contributed by atoms with Crippen LogP contribution in [0.1, 0.15) is 0 Å². The highest BCUT2D eigenvalue weighted by atomic mass is 28.4. The number of hydrogen-bond donors (Lipinski definition) is 0. The zero-order valence-electron chi connectivity index (χ0n) is 6.01. The van der Waals surface area contributed by atoms with E-state index in [-0.39, 0.29) is 6.79 Å². The molecule has 0 unspecified atom stereocenters. The van der Waals surface area contributed by atoms with Crippen LogP contribution in [0.4, 0.5) is 0 Å². The zero-order valence-corrected chi connectivity index (χ0v) is 7.01. The first-order chi connectivity index (χ1) is 4.06. The Kier molecular flexibility index (Phi) is 3.49. The lowest BCUT2D eigenvalue weighted by molar-refractivity contribution is -0.135. The molecule has 0 aromatic carbocycles. The first kappa shape index (κ1) is 8.65. The Balaban J connectivity index is 3.17. The molecular weight excluding hydrogens is 136 g/mol. The van der Waals surface area contributed by atoms with Crippen molar-refractivity contribution < 1.29 is 14.0 Å². The zero-order chi connectivity index (χ0) is 7.33. The third kappa shape index (κ3) is 7.65. The predicted octanol–water partition coefficient (Wildman–Crippen LogP) is 0.968. The smallest absolute Gasteiger partial charge is 0.295 e. The van der Waals surface area contributed by atoms with Crippen LogP contribution in [0.25, 0.3) is 0 Å². The average Bonchev–Trinajstić information content (AvgIpc) is 1.63. The van der Waals surface area contributed by atoms with Crippen molar-refractivity contribution in [3.63, 3.8) is 0 Å². The standard InChI is InChI=1S/C5H12O3Si/c1-9(2,3)8-5-7-4-6/h4H,5H2,1-3H3. The van der Waals surface area contributed by atoms with Crippen LogP contribution in [0.3, 0.4) is 0 Å². The molecule has 0 radical (unpaired) electrons. The largest absolute Gasteiger partial charge is 0.442 e. The van der Waals surface area contributed by atoms with Gasteiger partial charge in [-0.05, 0) is 19.6 Å². The maximum atomic E-state index is 9.60. The normalized spacial score (nSPS) is 11.0. The Hall–Kier alpha value is -0.353. The monoisotopic (exact) mass is 148 g/mol. The Morgan fingerprint density at radius 3 is 2.33 bits per heavy atom. The van der Waals surface area contributed by atoms with Gasteiger partial charge >= 0.3 is 0 Å². The molecule has 0 spiro atoms. The van der Waals surface area contributed by atoms with Crippen LogP contribution in [0.5, 0.6) is 0 Å². The summed E-state index contributed by atoms with van der Waals surface area (Å²) in [5, 5.41) is 0. The molecule has 0 aromatic heterocycles. The number of rotatable bonds is 4. The van der Waals surface area contributed by atoms with Gasteiger partial charge in [-0.3, -0.25) is 4.79 Å². The van der Waals surface area contributed by atoms with Crippen LogP contribution in [0, 0.1) is 0 Å².